The average molecular weight is 241 g/mol. The molecule has 1 rings (SSSR count). The fraction of sp³-hybridized carbons (Fsp3) is 0.222. The number of para-hydroxylation sites is 1. The Labute approximate surface area is 96.3 Å². The van der Waals surface area contributed by atoms with Crippen molar-refractivity contribution in [2.24, 2.45) is 5.84 Å². The molecule has 0 saturated carbocycles. The van der Waals surface area contributed by atoms with Crippen molar-refractivity contribution in [2.75, 3.05) is 0 Å². The lowest BCUT2D eigenvalue weighted by atomic mass is 10.3. The smallest absolute Gasteiger partial charge is 0.282 e. The van der Waals surface area contributed by atoms with Gasteiger partial charge in [-0.25, -0.2) is 5.84 Å². The molecule has 6 nitrogen and oxygen atoms in total. The summed E-state index contributed by atoms with van der Waals surface area (Å²) in [6.45, 7) is 1.63. The van der Waals surface area contributed by atoms with E-state index >= 15 is 0 Å². The zero-order valence-electron chi connectivity index (χ0n) is 8.54. The third-order valence-corrected chi connectivity index (χ3v) is 3.04. The molecule has 1 aromatic carbocycles. The van der Waals surface area contributed by atoms with Crippen molar-refractivity contribution in [3.63, 3.8) is 0 Å². The van der Waals surface area contributed by atoms with Crippen LogP contribution in [0.2, 0.25) is 0 Å². The van der Waals surface area contributed by atoms with Gasteiger partial charge in [-0.05, 0) is 13.0 Å². The quantitative estimate of drug-likeness (QED) is 0.270. The van der Waals surface area contributed by atoms with Gasteiger partial charge in [-0.1, -0.05) is 12.1 Å². The van der Waals surface area contributed by atoms with Crippen LogP contribution >= 0.6 is 11.8 Å². The second-order valence-corrected chi connectivity index (χ2v) is 4.38. The van der Waals surface area contributed by atoms with Gasteiger partial charge in [0.1, 0.15) is 0 Å². The van der Waals surface area contributed by atoms with E-state index in [1.807, 2.05) is 5.43 Å². The molecular formula is C9H11N3O3S. The summed E-state index contributed by atoms with van der Waals surface area (Å²) in [4.78, 5) is 21.9. The van der Waals surface area contributed by atoms with E-state index in [0.29, 0.717) is 4.90 Å². The molecule has 16 heavy (non-hydrogen) atoms. The molecular weight excluding hydrogens is 230 g/mol. The van der Waals surface area contributed by atoms with Crippen molar-refractivity contribution >= 4 is 23.4 Å². The van der Waals surface area contributed by atoms with Crippen molar-refractivity contribution in [1.29, 1.82) is 0 Å². The van der Waals surface area contributed by atoms with Crippen LogP contribution in [0.3, 0.4) is 0 Å². The Hall–Kier alpha value is -1.60. The minimum absolute atomic E-state index is 0.0100. The monoisotopic (exact) mass is 241 g/mol. The molecule has 1 amide bonds. The Morgan fingerprint density at radius 3 is 2.75 bits per heavy atom. The lowest BCUT2D eigenvalue weighted by molar-refractivity contribution is -0.387. The van der Waals surface area contributed by atoms with E-state index in [9.17, 15) is 14.9 Å². The molecule has 1 unspecified atom stereocenters. The van der Waals surface area contributed by atoms with E-state index in [4.69, 9.17) is 5.84 Å². The maximum absolute atomic E-state index is 11.2. The van der Waals surface area contributed by atoms with Crippen LogP contribution in [0.25, 0.3) is 0 Å². The van der Waals surface area contributed by atoms with E-state index in [0.717, 1.165) is 11.8 Å². The predicted molar refractivity (Wildman–Crippen MR) is 60.7 cm³/mol. The molecule has 0 spiro atoms. The number of hydrogen-bond acceptors (Lipinski definition) is 5. The SMILES string of the molecule is CC(Sc1ccccc1[N+](=O)[O-])C(=O)NN. The van der Waals surface area contributed by atoms with E-state index in [2.05, 4.69) is 0 Å². The number of amides is 1. The largest absolute Gasteiger partial charge is 0.293 e. The van der Waals surface area contributed by atoms with Gasteiger partial charge in [0.2, 0.25) is 5.91 Å². The van der Waals surface area contributed by atoms with Gasteiger partial charge in [0, 0.05) is 6.07 Å². The summed E-state index contributed by atoms with van der Waals surface area (Å²) in [6, 6.07) is 6.26. The average Bonchev–Trinajstić information content (AvgIpc) is 2.28. The standard InChI is InChI=1S/C9H11N3O3S/c1-6(9(13)11-10)16-8-5-3-2-4-7(8)12(14)15/h2-6H,10H2,1H3,(H,11,13). The maximum atomic E-state index is 11.2. The van der Waals surface area contributed by atoms with Crippen LogP contribution in [0.5, 0.6) is 0 Å². The molecule has 0 saturated heterocycles. The highest BCUT2D eigenvalue weighted by Gasteiger charge is 2.19. The zero-order valence-corrected chi connectivity index (χ0v) is 9.36. The summed E-state index contributed by atoms with van der Waals surface area (Å²) in [5, 5.41) is 10.2. The van der Waals surface area contributed by atoms with Crippen molar-refractivity contribution in [3.05, 3.63) is 34.4 Å². The highest BCUT2D eigenvalue weighted by Crippen LogP contribution is 2.31. The predicted octanol–water partition coefficient (Wildman–Crippen LogP) is 1.07. The summed E-state index contributed by atoms with van der Waals surface area (Å²) in [6.07, 6.45) is 0. The third kappa shape index (κ3) is 2.94. The number of nitro groups is 1. The van der Waals surface area contributed by atoms with Crippen LogP contribution in [-0.2, 0) is 4.79 Å². The summed E-state index contributed by atoms with van der Waals surface area (Å²) >= 11 is 1.10. The van der Waals surface area contributed by atoms with Crippen LogP contribution in [0.4, 0.5) is 5.69 Å². The first-order valence-corrected chi connectivity index (χ1v) is 5.34. The lowest BCUT2D eigenvalue weighted by Gasteiger charge is -2.09. The molecule has 0 aliphatic carbocycles. The summed E-state index contributed by atoms with van der Waals surface area (Å²) in [5.41, 5.74) is 1.99. The summed E-state index contributed by atoms with van der Waals surface area (Å²) in [5.74, 6) is 4.61. The molecule has 0 aliphatic rings. The second kappa shape index (κ2) is 5.47. The molecule has 0 aliphatic heterocycles. The van der Waals surface area contributed by atoms with Gasteiger partial charge < -0.3 is 0 Å². The molecule has 0 fully saturated rings. The Kier molecular flexibility index (Phi) is 4.27. The highest BCUT2D eigenvalue weighted by atomic mass is 32.2. The van der Waals surface area contributed by atoms with Crippen LogP contribution in [0.15, 0.2) is 29.2 Å². The highest BCUT2D eigenvalue weighted by molar-refractivity contribution is 8.00. The number of thioether (sulfide) groups is 1. The van der Waals surface area contributed by atoms with Gasteiger partial charge in [0.25, 0.3) is 5.69 Å². The number of carbonyl (C=O) groups excluding carboxylic acids is 1. The van der Waals surface area contributed by atoms with Crippen molar-refractivity contribution in [1.82, 2.24) is 5.43 Å². The Morgan fingerprint density at radius 1 is 1.56 bits per heavy atom. The molecule has 0 radical (unpaired) electrons. The van der Waals surface area contributed by atoms with Crippen molar-refractivity contribution in [2.45, 2.75) is 17.1 Å². The van der Waals surface area contributed by atoms with Gasteiger partial charge in [0.15, 0.2) is 0 Å². The van der Waals surface area contributed by atoms with Crippen LogP contribution in [0.1, 0.15) is 6.92 Å². The Balaban J connectivity index is 2.88. The van der Waals surface area contributed by atoms with Gasteiger partial charge >= 0.3 is 0 Å². The van der Waals surface area contributed by atoms with Crippen molar-refractivity contribution in [3.8, 4) is 0 Å². The molecule has 1 aromatic rings. The fourth-order valence-electron chi connectivity index (χ4n) is 1.07. The molecule has 0 heterocycles. The molecule has 7 heteroatoms. The molecule has 0 bridgehead atoms. The van der Waals surface area contributed by atoms with Gasteiger partial charge in [-0.15, -0.1) is 11.8 Å². The van der Waals surface area contributed by atoms with E-state index in [1.54, 1.807) is 25.1 Å². The first kappa shape index (κ1) is 12.5. The number of nitro benzene ring substituents is 1. The zero-order chi connectivity index (χ0) is 12.1. The minimum atomic E-state index is -0.480. The first-order chi connectivity index (χ1) is 7.56. The minimum Gasteiger partial charge on any atom is -0.293 e. The number of nitrogens with one attached hydrogen (secondary N) is 1. The molecule has 0 aromatic heterocycles. The normalized spacial score (nSPS) is 11.9. The number of hydrazine groups is 1. The molecule has 1 atom stereocenters. The second-order valence-electron chi connectivity index (χ2n) is 2.99. The van der Waals surface area contributed by atoms with E-state index in [1.165, 1.54) is 6.07 Å². The number of rotatable bonds is 4. The fourth-order valence-corrected chi connectivity index (χ4v) is 2.05. The molecule has 86 valence electrons. The molecule has 3 N–H and O–H groups in total. The number of carbonyl (C=O) groups is 1. The lowest BCUT2D eigenvalue weighted by Crippen LogP contribution is -2.36. The van der Waals surface area contributed by atoms with Gasteiger partial charge in [-0.2, -0.15) is 0 Å². The number of benzene rings is 1. The van der Waals surface area contributed by atoms with Crippen LogP contribution in [0, 0.1) is 10.1 Å². The number of hydrogen-bond donors (Lipinski definition) is 2. The number of nitrogens with two attached hydrogens (primary N) is 1. The van der Waals surface area contributed by atoms with Crippen LogP contribution < -0.4 is 11.3 Å². The number of nitrogens with zero attached hydrogens (tertiary/aromatic N) is 1. The Morgan fingerprint density at radius 2 is 2.19 bits per heavy atom. The van der Waals surface area contributed by atoms with Crippen LogP contribution in [-0.4, -0.2) is 16.1 Å². The topological polar surface area (TPSA) is 98.3 Å². The maximum Gasteiger partial charge on any atom is 0.282 e. The van der Waals surface area contributed by atoms with Crippen molar-refractivity contribution < 1.29 is 9.72 Å². The Bertz CT molecular complexity index is 411. The van der Waals surface area contributed by atoms with E-state index in [-0.39, 0.29) is 11.6 Å². The van der Waals surface area contributed by atoms with E-state index < -0.39 is 10.2 Å². The first-order valence-electron chi connectivity index (χ1n) is 4.46. The summed E-state index contributed by atoms with van der Waals surface area (Å²) in [7, 11) is 0. The van der Waals surface area contributed by atoms with Gasteiger partial charge in [-0.3, -0.25) is 20.3 Å². The van der Waals surface area contributed by atoms with Gasteiger partial charge in [0.05, 0.1) is 15.1 Å². The third-order valence-electron chi connectivity index (χ3n) is 1.88. The summed E-state index contributed by atoms with van der Waals surface area (Å²) < 4.78 is 0.